The molecule has 0 saturated heterocycles. The number of hydrogen-bond acceptors (Lipinski definition) is 2. The first kappa shape index (κ1) is 6.49. The zero-order valence-electron chi connectivity index (χ0n) is 8.99. The van der Waals surface area contributed by atoms with Crippen LogP contribution in [0.4, 0.5) is 0 Å². The van der Waals surface area contributed by atoms with Crippen LogP contribution in [0.3, 0.4) is 0 Å². The smallest absolute Gasteiger partial charge is 0.115 e. The normalized spacial score (nSPS) is 20.5. The van der Waals surface area contributed by atoms with Crippen LogP contribution in [0.1, 0.15) is 21.6 Å². The van der Waals surface area contributed by atoms with Crippen LogP contribution in [0.5, 0.6) is 5.75 Å². The van der Waals surface area contributed by atoms with Crippen LogP contribution in [0, 0.1) is 0 Å². The van der Waals surface area contributed by atoms with E-state index in [1.807, 2.05) is 0 Å². The summed E-state index contributed by atoms with van der Waals surface area (Å²) in [5.74, 6) is 0.174. The molecule has 1 aromatic carbocycles. The summed E-state index contributed by atoms with van der Waals surface area (Å²) < 4.78 is 14.8. The summed E-state index contributed by atoms with van der Waals surface area (Å²) in [6.45, 7) is 1.30. The maximum absolute atomic E-state index is 9.23. The van der Waals surface area contributed by atoms with Crippen molar-refractivity contribution in [2.75, 3.05) is 0 Å². The van der Waals surface area contributed by atoms with E-state index in [2.05, 4.69) is 0 Å². The van der Waals surface area contributed by atoms with Crippen molar-refractivity contribution in [1.82, 2.24) is 0 Å². The number of aromatic hydroxyl groups is 1. The van der Waals surface area contributed by atoms with Gasteiger partial charge in [0.25, 0.3) is 0 Å². The number of aryl methyl sites for hydroxylation is 1. The minimum atomic E-state index is -1.74. The lowest BCUT2D eigenvalue weighted by Gasteiger charge is -2.03. The zero-order chi connectivity index (χ0) is 10.8. The van der Waals surface area contributed by atoms with Crippen molar-refractivity contribution >= 4 is 0 Å². The van der Waals surface area contributed by atoms with Crippen LogP contribution >= 0.6 is 0 Å². The van der Waals surface area contributed by atoms with Gasteiger partial charge in [0, 0.05) is 1.37 Å². The molecule has 2 heteroatoms. The molecule has 0 aliphatic heterocycles. The number of aliphatic hydroxyl groups is 1. The molecule has 0 radical (unpaired) electrons. The standard InChI is InChI=1S/C10H14O2/c1-8(11)2-3-9-4-6-10(12)7-5-9/h4-8,11-12H,2-3H2,1H3/t8-/m1/s1/i2D,8D/t2-,8+/m0. The highest BCUT2D eigenvalue weighted by Crippen LogP contribution is 2.11. The molecule has 12 heavy (non-hydrogen) atoms. The van der Waals surface area contributed by atoms with Gasteiger partial charge in [-0.2, -0.15) is 0 Å². The number of benzene rings is 1. The van der Waals surface area contributed by atoms with Crippen LogP contribution < -0.4 is 0 Å². The molecule has 0 aliphatic carbocycles. The number of hydrogen-bond donors (Lipinski definition) is 2. The van der Waals surface area contributed by atoms with Crippen LogP contribution in [0.2, 0.25) is 0 Å². The highest BCUT2D eigenvalue weighted by atomic mass is 16.3. The molecular weight excluding hydrogens is 152 g/mol. The van der Waals surface area contributed by atoms with Gasteiger partial charge >= 0.3 is 0 Å². The van der Waals surface area contributed by atoms with E-state index in [9.17, 15) is 5.11 Å². The summed E-state index contributed by atoms with van der Waals surface area (Å²) in [4.78, 5) is 0. The summed E-state index contributed by atoms with van der Waals surface area (Å²) in [6.07, 6.45) is -2.32. The molecule has 2 atom stereocenters. The van der Waals surface area contributed by atoms with Gasteiger partial charge in [-0.15, -0.1) is 0 Å². The minimum absolute atomic E-state index is 0.174. The summed E-state index contributed by atoms with van der Waals surface area (Å²) in [6, 6.07) is 6.42. The van der Waals surface area contributed by atoms with Crippen LogP contribution in [-0.2, 0) is 6.42 Å². The average Bonchev–Trinajstić information content (AvgIpc) is 2.07. The Kier molecular flexibility index (Phi) is 2.23. The molecule has 0 bridgehead atoms. The molecule has 1 rings (SSSR count). The highest BCUT2D eigenvalue weighted by molar-refractivity contribution is 5.25. The fourth-order valence-electron chi connectivity index (χ4n) is 0.898. The van der Waals surface area contributed by atoms with E-state index in [0.29, 0.717) is 6.42 Å². The molecule has 0 aliphatic rings. The van der Waals surface area contributed by atoms with Gasteiger partial charge in [-0.25, -0.2) is 0 Å². The first-order chi connectivity index (χ1) is 6.39. The second kappa shape index (κ2) is 4.12. The molecule has 2 N–H and O–H groups in total. The van der Waals surface area contributed by atoms with Gasteiger partial charge in [-0.1, -0.05) is 12.1 Å². The van der Waals surface area contributed by atoms with Crippen molar-refractivity contribution in [1.29, 1.82) is 0 Å². The topological polar surface area (TPSA) is 40.5 Å². The molecule has 0 saturated carbocycles. The second-order valence-corrected chi connectivity index (χ2v) is 2.72. The van der Waals surface area contributed by atoms with Crippen molar-refractivity contribution in [3.8, 4) is 5.75 Å². The molecule has 0 fully saturated rings. The van der Waals surface area contributed by atoms with Crippen molar-refractivity contribution < 1.29 is 13.0 Å². The summed E-state index contributed by atoms with van der Waals surface area (Å²) in [5, 5.41) is 18.2. The quantitative estimate of drug-likeness (QED) is 0.721. The molecule has 0 spiro atoms. The molecule has 0 unspecified atom stereocenters. The summed E-state index contributed by atoms with van der Waals surface area (Å²) in [7, 11) is 0. The second-order valence-electron chi connectivity index (χ2n) is 2.72. The van der Waals surface area contributed by atoms with E-state index in [0.717, 1.165) is 5.56 Å². The van der Waals surface area contributed by atoms with E-state index in [-0.39, 0.29) is 5.75 Å². The Morgan fingerprint density at radius 3 is 2.58 bits per heavy atom. The maximum Gasteiger partial charge on any atom is 0.115 e. The predicted molar refractivity (Wildman–Crippen MR) is 48.1 cm³/mol. The lowest BCUT2D eigenvalue weighted by atomic mass is 10.1. The molecule has 66 valence electrons. The molecule has 0 aromatic heterocycles. The SMILES string of the molecule is [2H][C@@H](Cc1ccc(O)cc1)[C@@]([2H])(C)O. The third-order valence-corrected chi connectivity index (χ3v) is 1.57. The van der Waals surface area contributed by atoms with Gasteiger partial charge < -0.3 is 10.2 Å². The first-order valence-electron chi connectivity index (χ1n) is 4.90. The summed E-state index contributed by atoms with van der Waals surface area (Å²) >= 11 is 0. The fourth-order valence-corrected chi connectivity index (χ4v) is 0.898. The number of rotatable bonds is 3. The van der Waals surface area contributed by atoms with Gasteiger partial charge in [0.1, 0.15) is 5.75 Å². The molecule has 1 aromatic rings. The van der Waals surface area contributed by atoms with Gasteiger partial charge in [0.15, 0.2) is 0 Å². The largest absolute Gasteiger partial charge is 0.508 e. The monoisotopic (exact) mass is 168 g/mol. The Morgan fingerprint density at radius 1 is 1.50 bits per heavy atom. The van der Waals surface area contributed by atoms with Crippen molar-refractivity contribution in [3.63, 3.8) is 0 Å². The highest BCUT2D eigenvalue weighted by Gasteiger charge is 1.97. The lowest BCUT2D eigenvalue weighted by Crippen LogP contribution is -2.00. The Hall–Kier alpha value is -1.02. The van der Waals surface area contributed by atoms with E-state index in [1.165, 1.54) is 19.1 Å². The Balaban J connectivity index is 2.65. The van der Waals surface area contributed by atoms with Crippen molar-refractivity contribution in [2.45, 2.75) is 25.8 Å². The number of phenolic OH excluding ortho intramolecular Hbond substituents is 1. The van der Waals surface area contributed by atoms with Crippen LogP contribution in [0.25, 0.3) is 0 Å². The van der Waals surface area contributed by atoms with E-state index in [1.54, 1.807) is 12.1 Å². The zero-order valence-corrected chi connectivity index (χ0v) is 6.99. The first-order valence-corrected chi connectivity index (χ1v) is 3.82. The lowest BCUT2D eigenvalue weighted by molar-refractivity contribution is 0.185. The molecule has 0 amide bonds. The Morgan fingerprint density at radius 2 is 2.08 bits per heavy atom. The Bertz CT molecular complexity index is 290. The molecule has 2 nitrogen and oxygen atoms in total. The van der Waals surface area contributed by atoms with Crippen molar-refractivity contribution in [3.05, 3.63) is 29.8 Å². The van der Waals surface area contributed by atoms with Gasteiger partial charge in [-0.05, 0) is 37.4 Å². The van der Waals surface area contributed by atoms with E-state index >= 15 is 0 Å². The van der Waals surface area contributed by atoms with E-state index < -0.39 is 12.5 Å². The number of phenols is 1. The predicted octanol–water partition coefficient (Wildman–Crippen LogP) is 1.71. The van der Waals surface area contributed by atoms with Crippen LogP contribution in [-0.4, -0.2) is 16.3 Å². The third kappa shape index (κ3) is 2.93. The van der Waals surface area contributed by atoms with E-state index in [4.69, 9.17) is 7.85 Å². The third-order valence-electron chi connectivity index (χ3n) is 1.57. The van der Waals surface area contributed by atoms with Crippen molar-refractivity contribution in [2.24, 2.45) is 0 Å². The fraction of sp³-hybridized carbons (Fsp3) is 0.400. The van der Waals surface area contributed by atoms with Crippen LogP contribution in [0.15, 0.2) is 24.3 Å². The average molecular weight is 168 g/mol. The van der Waals surface area contributed by atoms with Gasteiger partial charge in [0.05, 0.1) is 7.45 Å². The molecule has 0 heterocycles. The molecular formula is C10H14O2. The minimum Gasteiger partial charge on any atom is -0.508 e. The van der Waals surface area contributed by atoms with Gasteiger partial charge in [-0.3, -0.25) is 0 Å². The summed E-state index contributed by atoms with van der Waals surface area (Å²) in [5.41, 5.74) is 0.829. The van der Waals surface area contributed by atoms with Gasteiger partial charge in [0.2, 0.25) is 0 Å². The maximum atomic E-state index is 9.23. The Labute approximate surface area is 75.3 Å².